The maximum atomic E-state index is 3.43. The predicted molar refractivity (Wildman–Crippen MR) is 75.5 cm³/mol. The van der Waals surface area contributed by atoms with Crippen LogP contribution in [0.2, 0.25) is 0 Å². The topological polar surface area (TPSA) is 17.0 Å². The van der Waals surface area contributed by atoms with Crippen molar-refractivity contribution in [3.05, 3.63) is 23.5 Å². The Morgan fingerprint density at radius 3 is 2.89 bits per heavy atom. The second-order valence-corrected chi connectivity index (χ2v) is 6.29. The number of nitrogens with one attached hydrogen (secondary N) is 1. The number of aromatic nitrogens is 1. The molecule has 2 fully saturated rings. The monoisotopic (exact) mass is 246 g/mol. The van der Waals surface area contributed by atoms with Crippen molar-refractivity contribution in [1.29, 1.82) is 0 Å². The van der Waals surface area contributed by atoms with Gasteiger partial charge in [-0.15, -0.1) is 0 Å². The van der Waals surface area contributed by atoms with E-state index in [0.717, 1.165) is 30.8 Å². The van der Waals surface area contributed by atoms with E-state index in [0.29, 0.717) is 0 Å². The third-order valence-corrected chi connectivity index (χ3v) is 5.23. The molecule has 3 unspecified atom stereocenters. The second kappa shape index (κ2) is 5.08. The van der Waals surface area contributed by atoms with E-state index in [-0.39, 0.29) is 0 Å². The summed E-state index contributed by atoms with van der Waals surface area (Å²) in [6.07, 6.45) is 8.32. The highest BCUT2D eigenvalue weighted by Crippen LogP contribution is 2.48. The number of rotatable bonds is 5. The van der Waals surface area contributed by atoms with Gasteiger partial charge in [0.1, 0.15) is 0 Å². The highest BCUT2D eigenvalue weighted by molar-refractivity contribution is 5.21. The summed E-state index contributed by atoms with van der Waals surface area (Å²) in [6, 6.07) is 2.30. The molecule has 2 aliphatic carbocycles. The molecule has 0 aliphatic heterocycles. The van der Waals surface area contributed by atoms with E-state index in [1.165, 1.54) is 43.5 Å². The Balaban J connectivity index is 1.64. The lowest BCUT2D eigenvalue weighted by atomic mass is 9.89. The molecule has 3 atom stereocenters. The van der Waals surface area contributed by atoms with Crippen LogP contribution in [0.15, 0.2) is 12.3 Å². The summed E-state index contributed by atoms with van der Waals surface area (Å²) in [6.45, 7) is 7.78. The van der Waals surface area contributed by atoms with Crippen molar-refractivity contribution in [2.75, 3.05) is 6.54 Å². The molecule has 2 nitrogen and oxygen atoms in total. The molecule has 0 spiro atoms. The number of hydrogen-bond donors (Lipinski definition) is 1. The van der Waals surface area contributed by atoms with Crippen LogP contribution in [-0.2, 0) is 13.1 Å². The Morgan fingerprint density at radius 1 is 1.33 bits per heavy atom. The van der Waals surface area contributed by atoms with Crippen LogP contribution < -0.4 is 5.32 Å². The highest BCUT2D eigenvalue weighted by Gasteiger charge is 2.39. The van der Waals surface area contributed by atoms with Gasteiger partial charge < -0.3 is 9.88 Å². The van der Waals surface area contributed by atoms with Crippen molar-refractivity contribution >= 4 is 0 Å². The molecule has 2 saturated carbocycles. The van der Waals surface area contributed by atoms with Gasteiger partial charge in [-0.05, 0) is 62.1 Å². The quantitative estimate of drug-likeness (QED) is 0.843. The maximum absolute atomic E-state index is 3.43. The molecule has 1 aromatic rings. The molecule has 100 valence electrons. The SMILES string of the molecule is CCNCc1ccn(CC2CC3CCC2C3)c1C. The first-order chi connectivity index (χ1) is 8.78. The minimum Gasteiger partial charge on any atom is -0.351 e. The Hall–Kier alpha value is -0.760. The van der Waals surface area contributed by atoms with Crippen molar-refractivity contribution in [2.45, 2.75) is 52.6 Å². The average molecular weight is 246 g/mol. The fraction of sp³-hybridized carbons (Fsp3) is 0.750. The van der Waals surface area contributed by atoms with Gasteiger partial charge in [-0.25, -0.2) is 0 Å². The van der Waals surface area contributed by atoms with Gasteiger partial charge in [0.25, 0.3) is 0 Å². The van der Waals surface area contributed by atoms with Crippen molar-refractivity contribution in [1.82, 2.24) is 9.88 Å². The molecule has 1 N–H and O–H groups in total. The third-order valence-electron chi connectivity index (χ3n) is 5.23. The minimum atomic E-state index is 0.960. The average Bonchev–Trinajstić information content (AvgIpc) is 3.05. The second-order valence-electron chi connectivity index (χ2n) is 6.29. The van der Waals surface area contributed by atoms with Gasteiger partial charge in [-0.2, -0.15) is 0 Å². The van der Waals surface area contributed by atoms with E-state index in [2.05, 4.69) is 36.0 Å². The minimum absolute atomic E-state index is 0.960. The normalized spacial score (nSPS) is 30.2. The van der Waals surface area contributed by atoms with Crippen molar-refractivity contribution in [2.24, 2.45) is 17.8 Å². The van der Waals surface area contributed by atoms with Crippen molar-refractivity contribution < 1.29 is 0 Å². The first-order valence-corrected chi connectivity index (χ1v) is 7.63. The Labute approximate surface area is 111 Å². The molecule has 0 radical (unpaired) electrons. The molecule has 2 heteroatoms. The molecule has 1 aromatic heterocycles. The zero-order chi connectivity index (χ0) is 12.5. The molecule has 3 rings (SSSR count). The van der Waals surface area contributed by atoms with Gasteiger partial charge >= 0.3 is 0 Å². The highest BCUT2D eigenvalue weighted by atomic mass is 15.0. The van der Waals surface area contributed by atoms with E-state index in [1.807, 2.05) is 0 Å². The van der Waals surface area contributed by atoms with Crippen LogP contribution >= 0.6 is 0 Å². The Morgan fingerprint density at radius 2 is 2.22 bits per heavy atom. The first kappa shape index (κ1) is 12.3. The van der Waals surface area contributed by atoms with Crippen LogP contribution in [0.3, 0.4) is 0 Å². The standard InChI is InChI=1S/C16H26N2/c1-3-17-10-15-6-7-18(12(15)2)11-16-9-13-4-5-14(16)8-13/h6-7,13-14,16-17H,3-5,8-11H2,1-2H3. The van der Waals surface area contributed by atoms with E-state index in [1.54, 1.807) is 0 Å². The lowest BCUT2D eigenvalue weighted by Gasteiger charge is -2.23. The lowest BCUT2D eigenvalue weighted by Crippen LogP contribution is -2.18. The largest absolute Gasteiger partial charge is 0.351 e. The molecule has 0 aromatic carbocycles. The summed E-state index contributed by atoms with van der Waals surface area (Å²) in [7, 11) is 0. The van der Waals surface area contributed by atoms with Gasteiger partial charge in [-0.3, -0.25) is 0 Å². The van der Waals surface area contributed by atoms with E-state index in [4.69, 9.17) is 0 Å². The smallest absolute Gasteiger partial charge is 0.0253 e. The van der Waals surface area contributed by atoms with Gasteiger partial charge in [0.05, 0.1) is 0 Å². The number of nitrogens with zero attached hydrogens (tertiary/aromatic N) is 1. The fourth-order valence-electron chi connectivity index (χ4n) is 4.09. The van der Waals surface area contributed by atoms with Gasteiger partial charge in [0.15, 0.2) is 0 Å². The molecule has 2 bridgehead atoms. The zero-order valence-electron chi connectivity index (χ0n) is 11.8. The first-order valence-electron chi connectivity index (χ1n) is 7.63. The molecular formula is C16H26N2. The molecule has 0 amide bonds. The van der Waals surface area contributed by atoms with Gasteiger partial charge in [0.2, 0.25) is 0 Å². The summed E-state index contributed by atoms with van der Waals surface area (Å²) in [5.41, 5.74) is 2.94. The van der Waals surface area contributed by atoms with Crippen LogP contribution in [0, 0.1) is 24.7 Å². The fourth-order valence-corrected chi connectivity index (χ4v) is 4.09. The number of fused-ring (bicyclic) bond motifs is 2. The van der Waals surface area contributed by atoms with Gasteiger partial charge in [0, 0.05) is 25.0 Å². The summed E-state index contributed by atoms with van der Waals surface area (Å²) < 4.78 is 2.50. The summed E-state index contributed by atoms with van der Waals surface area (Å²) in [5.74, 6) is 3.06. The summed E-state index contributed by atoms with van der Waals surface area (Å²) in [4.78, 5) is 0. The number of hydrogen-bond acceptors (Lipinski definition) is 1. The summed E-state index contributed by atoms with van der Waals surface area (Å²) >= 11 is 0. The molecule has 2 aliphatic rings. The molecule has 0 saturated heterocycles. The van der Waals surface area contributed by atoms with E-state index < -0.39 is 0 Å². The maximum Gasteiger partial charge on any atom is 0.0253 e. The Kier molecular flexibility index (Phi) is 3.47. The van der Waals surface area contributed by atoms with Crippen LogP contribution in [-0.4, -0.2) is 11.1 Å². The molecular weight excluding hydrogens is 220 g/mol. The van der Waals surface area contributed by atoms with Crippen LogP contribution in [0.4, 0.5) is 0 Å². The lowest BCUT2D eigenvalue weighted by molar-refractivity contribution is 0.294. The molecule has 1 heterocycles. The van der Waals surface area contributed by atoms with Crippen molar-refractivity contribution in [3.8, 4) is 0 Å². The van der Waals surface area contributed by atoms with Crippen LogP contribution in [0.25, 0.3) is 0 Å². The summed E-state index contributed by atoms with van der Waals surface area (Å²) in [5, 5.41) is 3.43. The zero-order valence-corrected chi connectivity index (χ0v) is 11.8. The van der Waals surface area contributed by atoms with E-state index >= 15 is 0 Å². The predicted octanol–water partition coefficient (Wildman–Crippen LogP) is 3.34. The van der Waals surface area contributed by atoms with Crippen LogP contribution in [0.1, 0.15) is 43.9 Å². The third kappa shape index (κ3) is 2.23. The Bertz CT molecular complexity index is 407. The van der Waals surface area contributed by atoms with E-state index in [9.17, 15) is 0 Å². The van der Waals surface area contributed by atoms with Gasteiger partial charge in [-0.1, -0.05) is 13.3 Å². The van der Waals surface area contributed by atoms with Crippen LogP contribution in [0.5, 0.6) is 0 Å². The van der Waals surface area contributed by atoms with Crippen molar-refractivity contribution in [3.63, 3.8) is 0 Å². The molecule has 18 heavy (non-hydrogen) atoms.